The van der Waals surface area contributed by atoms with E-state index in [1.54, 1.807) is 24.3 Å². The molecule has 0 radical (unpaired) electrons. The number of ketones is 1. The zero-order valence-corrected chi connectivity index (χ0v) is 12.5. The highest BCUT2D eigenvalue weighted by atomic mass is 16.4. The molecule has 0 unspecified atom stereocenters. The largest absolute Gasteiger partial charge is 0.480 e. The lowest BCUT2D eigenvalue weighted by atomic mass is 10.1. The topological polar surface area (TPSA) is 140 Å². The molecule has 8 nitrogen and oxygen atoms in total. The van der Waals surface area contributed by atoms with E-state index in [0.29, 0.717) is 11.8 Å². The molecular formula is C15H17N3O5. The molecule has 0 aliphatic rings. The molecule has 23 heavy (non-hydrogen) atoms. The molecule has 0 saturated heterocycles. The van der Waals surface area contributed by atoms with Gasteiger partial charge in [0.2, 0.25) is 5.78 Å². The van der Waals surface area contributed by atoms with Gasteiger partial charge in [0, 0.05) is 6.42 Å². The number of aryl methyl sites for hydroxylation is 1. The Bertz CT molecular complexity index is 635. The van der Waals surface area contributed by atoms with Crippen LogP contribution < -0.4 is 5.32 Å². The van der Waals surface area contributed by atoms with Gasteiger partial charge in [-0.15, -0.1) is 0 Å². The molecule has 1 aromatic rings. The predicted octanol–water partition coefficient (Wildman–Crippen LogP) is 0.248. The minimum absolute atomic E-state index is 0.188. The predicted molar refractivity (Wildman–Crippen MR) is 79.6 cm³/mol. The summed E-state index contributed by atoms with van der Waals surface area (Å²) in [6.45, 7) is 1.85. The summed E-state index contributed by atoms with van der Waals surface area (Å²) in [5.74, 6) is -2.78. The Labute approximate surface area is 132 Å². The molecule has 122 valence electrons. The molecule has 0 fully saturated rings. The number of hydrogen-bond donors (Lipinski definition) is 3. The summed E-state index contributed by atoms with van der Waals surface area (Å²) in [7, 11) is 0. The molecule has 2 atom stereocenters. The SMILES string of the molecule is Cc1ccc([C@H](O)C(=O)N[C@@H](CCC(=O)C=[N+]=[N-])C(=O)O)cc1. The lowest BCUT2D eigenvalue weighted by Gasteiger charge is -2.17. The van der Waals surface area contributed by atoms with Crippen molar-refractivity contribution in [3.8, 4) is 0 Å². The number of aliphatic hydroxyl groups excluding tert-OH is 1. The molecular weight excluding hydrogens is 302 g/mol. The minimum atomic E-state index is -1.51. The van der Waals surface area contributed by atoms with E-state index in [4.69, 9.17) is 10.6 Å². The van der Waals surface area contributed by atoms with Crippen LogP contribution in [0.15, 0.2) is 24.3 Å². The second-order valence-electron chi connectivity index (χ2n) is 4.96. The number of carbonyl (C=O) groups excluding carboxylic acids is 2. The number of rotatable bonds is 8. The maximum Gasteiger partial charge on any atom is 0.326 e. The third kappa shape index (κ3) is 5.82. The molecule has 1 aromatic carbocycles. The molecule has 1 rings (SSSR count). The zero-order chi connectivity index (χ0) is 17.4. The van der Waals surface area contributed by atoms with Gasteiger partial charge in [0.05, 0.1) is 0 Å². The van der Waals surface area contributed by atoms with Crippen LogP contribution in [0.1, 0.15) is 30.1 Å². The molecule has 0 aromatic heterocycles. The molecule has 3 N–H and O–H groups in total. The molecule has 1 amide bonds. The number of nitrogens with zero attached hydrogens (tertiary/aromatic N) is 2. The maximum atomic E-state index is 11.9. The molecule has 0 saturated carbocycles. The van der Waals surface area contributed by atoms with E-state index in [0.717, 1.165) is 5.56 Å². The summed E-state index contributed by atoms with van der Waals surface area (Å²) in [4.78, 5) is 36.8. The van der Waals surface area contributed by atoms with E-state index < -0.39 is 29.8 Å². The number of carboxylic acids is 1. The van der Waals surface area contributed by atoms with Gasteiger partial charge in [-0.3, -0.25) is 9.59 Å². The Morgan fingerprint density at radius 1 is 1.30 bits per heavy atom. The molecule has 0 spiro atoms. The van der Waals surface area contributed by atoms with Crippen LogP contribution in [0.5, 0.6) is 0 Å². The third-order valence-corrected chi connectivity index (χ3v) is 3.14. The van der Waals surface area contributed by atoms with Crippen LogP contribution in [0.2, 0.25) is 0 Å². The number of aliphatic carboxylic acids is 1. The Balaban J connectivity index is 2.69. The van der Waals surface area contributed by atoms with Crippen molar-refractivity contribution in [2.75, 3.05) is 0 Å². The first-order valence-electron chi connectivity index (χ1n) is 6.83. The van der Waals surface area contributed by atoms with Crippen LogP contribution in [-0.4, -0.2) is 44.9 Å². The second kappa shape index (κ2) is 8.57. The van der Waals surface area contributed by atoms with Crippen molar-refractivity contribution in [2.24, 2.45) is 0 Å². The van der Waals surface area contributed by atoms with Gasteiger partial charge in [-0.25, -0.2) is 4.79 Å². The van der Waals surface area contributed by atoms with Gasteiger partial charge in [0.15, 0.2) is 6.10 Å². The number of carbonyl (C=O) groups is 3. The van der Waals surface area contributed by atoms with E-state index in [2.05, 4.69) is 10.1 Å². The molecule has 8 heteroatoms. The first kappa shape index (κ1) is 18.2. The van der Waals surface area contributed by atoms with Crippen LogP contribution in [0.4, 0.5) is 0 Å². The normalized spacial score (nSPS) is 12.6. The molecule has 0 aliphatic carbocycles. The van der Waals surface area contributed by atoms with Gasteiger partial charge in [0.1, 0.15) is 6.04 Å². The monoisotopic (exact) mass is 319 g/mol. The lowest BCUT2D eigenvalue weighted by Crippen LogP contribution is -2.43. The summed E-state index contributed by atoms with van der Waals surface area (Å²) in [6, 6.07) is 5.23. The van der Waals surface area contributed by atoms with E-state index >= 15 is 0 Å². The van der Waals surface area contributed by atoms with Crippen LogP contribution in [-0.2, 0) is 14.4 Å². The van der Waals surface area contributed by atoms with Crippen molar-refractivity contribution < 1.29 is 29.4 Å². The average molecular weight is 319 g/mol. The van der Waals surface area contributed by atoms with Gasteiger partial charge in [-0.05, 0) is 18.9 Å². The van der Waals surface area contributed by atoms with Crippen molar-refractivity contribution in [3.05, 3.63) is 40.9 Å². The van der Waals surface area contributed by atoms with Crippen molar-refractivity contribution in [3.63, 3.8) is 0 Å². The highest BCUT2D eigenvalue weighted by Gasteiger charge is 2.25. The van der Waals surface area contributed by atoms with E-state index in [1.165, 1.54) is 0 Å². The summed E-state index contributed by atoms with van der Waals surface area (Å²) in [5, 5.41) is 21.2. The number of benzene rings is 1. The summed E-state index contributed by atoms with van der Waals surface area (Å²) in [6.07, 6.45) is -1.26. The van der Waals surface area contributed by atoms with Crippen LogP contribution >= 0.6 is 0 Å². The number of hydrogen-bond acceptors (Lipinski definition) is 4. The first-order valence-corrected chi connectivity index (χ1v) is 6.83. The fraction of sp³-hybridized carbons (Fsp3) is 0.333. The van der Waals surface area contributed by atoms with Gasteiger partial charge in [-0.1, -0.05) is 29.8 Å². The Kier molecular flexibility index (Phi) is 6.79. The van der Waals surface area contributed by atoms with Crippen LogP contribution in [0.3, 0.4) is 0 Å². The lowest BCUT2D eigenvalue weighted by molar-refractivity contribution is -0.143. The van der Waals surface area contributed by atoms with Gasteiger partial charge in [-0.2, -0.15) is 4.79 Å². The van der Waals surface area contributed by atoms with Crippen molar-refractivity contribution in [1.82, 2.24) is 5.32 Å². The van der Waals surface area contributed by atoms with Crippen LogP contribution in [0.25, 0.3) is 5.53 Å². The molecule has 0 bridgehead atoms. The van der Waals surface area contributed by atoms with Crippen molar-refractivity contribution >= 4 is 23.9 Å². The summed E-state index contributed by atoms with van der Waals surface area (Å²) >= 11 is 0. The minimum Gasteiger partial charge on any atom is -0.480 e. The standard InChI is InChI=1S/C15H17N3O5/c1-9-2-4-10(5-3-9)13(20)14(21)18-12(15(22)23)7-6-11(19)8-17-16/h2-5,8,12-13,20H,6-7H2,1H3,(H,18,21)(H,22,23)/t12-,13-/m0/s1. The highest BCUT2D eigenvalue weighted by Crippen LogP contribution is 2.14. The highest BCUT2D eigenvalue weighted by molar-refractivity contribution is 6.25. The summed E-state index contributed by atoms with van der Waals surface area (Å²) < 4.78 is 0. The summed E-state index contributed by atoms with van der Waals surface area (Å²) in [5.41, 5.74) is 9.49. The number of aliphatic hydroxyl groups is 1. The van der Waals surface area contributed by atoms with Crippen molar-refractivity contribution in [2.45, 2.75) is 31.9 Å². The van der Waals surface area contributed by atoms with Crippen molar-refractivity contribution in [1.29, 1.82) is 0 Å². The van der Waals surface area contributed by atoms with Gasteiger partial charge >= 0.3 is 12.2 Å². The van der Waals surface area contributed by atoms with Gasteiger partial charge < -0.3 is 21.1 Å². The quantitative estimate of drug-likeness (QED) is 0.358. The zero-order valence-electron chi connectivity index (χ0n) is 12.5. The maximum absolute atomic E-state index is 11.9. The first-order chi connectivity index (χ1) is 10.8. The fourth-order valence-corrected chi connectivity index (χ4v) is 1.82. The van der Waals surface area contributed by atoms with Crippen LogP contribution in [0, 0.1) is 6.92 Å². The third-order valence-electron chi connectivity index (χ3n) is 3.14. The van der Waals surface area contributed by atoms with Gasteiger partial charge in [0.25, 0.3) is 5.91 Å². The Morgan fingerprint density at radius 2 is 1.91 bits per heavy atom. The fourth-order valence-electron chi connectivity index (χ4n) is 1.82. The smallest absolute Gasteiger partial charge is 0.326 e. The van der Waals surface area contributed by atoms with E-state index in [-0.39, 0.29) is 12.8 Å². The molecule has 0 aliphatic heterocycles. The average Bonchev–Trinajstić information content (AvgIpc) is 2.51. The van der Waals surface area contributed by atoms with E-state index in [9.17, 15) is 19.5 Å². The number of amides is 1. The molecule has 0 heterocycles. The second-order valence-corrected chi connectivity index (χ2v) is 4.96. The Morgan fingerprint density at radius 3 is 2.43 bits per heavy atom. The Hall–Kier alpha value is -2.83. The number of nitrogens with one attached hydrogen (secondary N) is 1. The number of Topliss-reactive ketones (excluding diaryl/α,β-unsaturated/α-hetero) is 1. The number of carboxylic acid groups (broad SMARTS) is 1. The van der Waals surface area contributed by atoms with E-state index in [1.807, 2.05) is 6.92 Å².